The Morgan fingerprint density at radius 1 is 0.976 bits per heavy atom. The number of carboxylic acid groups (broad SMARTS) is 1. The van der Waals surface area contributed by atoms with Crippen molar-refractivity contribution in [2.45, 2.75) is 75.7 Å². The number of aryl methyl sites for hydroxylation is 1. The van der Waals surface area contributed by atoms with E-state index >= 15 is 0 Å². The van der Waals surface area contributed by atoms with Gasteiger partial charge in [0.25, 0.3) is 0 Å². The lowest BCUT2D eigenvalue weighted by Crippen LogP contribution is -1.99. The number of aromatic carboxylic acids is 1. The van der Waals surface area contributed by atoms with Crippen LogP contribution in [0.3, 0.4) is 0 Å². The summed E-state index contributed by atoms with van der Waals surface area (Å²) in [6, 6.07) is 17.8. The van der Waals surface area contributed by atoms with Crippen molar-refractivity contribution < 1.29 is 24.2 Å². The molecule has 3 aromatic rings. The van der Waals surface area contributed by atoms with Crippen LogP contribution in [0, 0.1) is 19.3 Å². The van der Waals surface area contributed by atoms with Crippen LogP contribution in [0.5, 0.6) is 11.5 Å². The van der Waals surface area contributed by atoms with E-state index in [1.165, 1.54) is 6.92 Å². The van der Waals surface area contributed by atoms with Crippen LogP contribution in [0.25, 0.3) is 11.1 Å². The number of terminal acetylenes is 1. The molecule has 0 aliphatic carbocycles. The van der Waals surface area contributed by atoms with Crippen molar-refractivity contribution in [2.24, 2.45) is 0 Å². The lowest BCUT2D eigenvalue weighted by molar-refractivity contribution is 0.0696. The summed E-state index contributed by atoms with van der Waals surface area (Å²) in [5.41, 5.74) is 4.16. The van der Waals surface area contributed by atoms with Crippen LogP contribution in [0.1, 0.15) is 101 Å². The second kappa shape index (κ2) is 26.9. The van der Waals surface area contributed by atoms with E-state index in [1.807, 2.05) is 98.7 Å². The Hall–Kier alpha value is -4.30. The largest absolute Gasteiger partial charge is 0.497 e. The molecule has 0 aromatic heterocycles. The van der Waals surface area contributed by atoms with Crippen molar-refractivity contribution in [3.8, 4) is 35.0 Å². The molecule has 0 spiro atoms. The number of rotatable bonds is 7. The van der Waals surface area contributed by atoms with Gasteiger partial charge in [0.05, 0.1) is 19.3 Å². The Labute approximate surface area is 255 Å². The third-order valence-corrected chi connectivity index (χ3v) is 4.85. The Morgan fingerprint density at radius 3 is 2.00 bits per heavy atom. The molecule has 0 radical (unpaired) electrons. The van der Waals surface area contributed by atoms with Crippen molar-refractivity contribution in [1.82, 2.24) is 0 Å². The number of Topliss-reactive ketones (excluding diaryl/α,β-unsaturated/α-hetero) is 1. The van der Waals surface area contributed by atoms with E-state index < -0.39 is 5.97 Å². The molecule has 5 heteroatoms. The Balaban J connectivity index is -0.000000614. The van der Waals surface area contributed by atoms with Gasteiger partial charge in [-0.1, -0.05) is 84.7 Å². The van der Waals surface area contributed by atoms with Gasteiger partial charge in [0.15, 0.2) is 5.78 Å². The zero-order valence-electron chi connectivity index (χ0n) is 27.6. The lowest BCUT2D eigenvalue weighted by Gasteiger charge is -2.13. The van der Waals surface area contributed by atoms with Crippen LogP contribution < -0.4 is 9.47 Å². The Morgan fingerprint density at radius 2 is 1.55 bits per heavy atom. The predicted molar refractivity (Wildman–Crippen MR) is 180 cm³/mol. The average molecular weight is 577 g/mol. The summed E-state index contributed by atoms with van der Waals surface area (Å²) < 4.78 is 11.0. The maximum Gasteiger partial charge on any atom is 0.335 e. The minimum atomic E-state index is -0.948. The molecule has 3 rings (SSSR count). The highest BCUT2D eigenvalue weighted by atomic mass is 16.5. The zero-order valence-corrected chi connectivity index (χ0v) is 27.6. The number of benzene rings is 3. The smallest absolute Gasteiger partial charge is 0.335 e. The van der Waals surface area contributed by atoms with Crippen LogP contribution in [0.2, 0.25) is 0 Å². The number of carbonyl (C=O) groups is 2. The molecule has 0 unspecified atom stereocenters. The van der Waals surface area contributed by atoms with Crippen molar-refractivity contribution in [3.63, 3.8) is 0 Å². The normalized spacial score (nSPS) is 8.43. The number of methoxy groups -OCH3 is 1. The van der Waals surface area contributed by atoms with E-state index in [1.54, 1.807) is 37.5 Å². The van der Waals surface area contributed by atoms with Crippen molar-refractivity contribution in [3.05, 3.63) is 95.6 Å². The van der Waals surface area contributed by atoms with Gasteiger partial charge in [0.2, 0.25) is 0 Å². The fourth-order valence-corrected chi connectivity index (χ4v) is 3.27. The van der Waals surface area contributed by atoms with Gasteiger partial charge in [0.1, 0.15) is 11.5 Å². The van der Waals surface area contributed by atoms with Gasteiger partial charge in [0, 0.05) is 16.7 Å². The van der Waals surface area contributed by atoms with Gasteiger partial charge in [-0.05, 0) is 74.7 Å². The number of carbonyl (C=O) groups excluding carboxylic acids is 1. The summed E-state index contributed by atoms with van der Waals surface area (Å²) in [6.45, 7) is 23.3. The molecular formula is C37H52O5. The summed E-state index contributed by atoms with van der Waals surface area (Å²) in [5, 5.41) is 9.11. The molecule has 0 fully saturated rings. The zero-order chi connectivity index (χ0) is 33.1. The minimum Gasteiger partial charge on any atom is -0.497 e. The monoisotopic (exact) mass is 576 g/mol. The number of hydrogen-bond acceptors (Lipinski definition) is 4. The molecule has 0 saturated carbocycles. The van der Waals surface area contributed by atoms with Gasteiger partial charge in [-0.2, -0.15) is 0 Å². The van der Waals surface area contributed by atoms with Crippen LogP contribution >= 0.6 is 0 Å². The molecule has 1 N–H and O–H groups in total. The topological polar surface area (TPSA) is 72.8 Å². The molecular weight excluding hydrogens is 524 g/mol. The summed E-state index contributed by atoms with van der Waals surface area (Å²) >= 11 is 0. The number of ketones is 1. The SMILES string of the molecule is C#Cc1cccc(C)c1C(C)=O.C=CC.CC.CC.CC.CCCOc1ccc(OC)cc1-c1cccc(C(=O)O)c1. The molecule has 42 heavy (non-hydrogen) atoms. The summed E-state index contributed by atoms with van der Waals surface area (Å²) in [7, 11) is 1.60. The molecule has 230 valence electrons. The van der Waals surface area contributed by atoms with Gasteiger partial charge in [-0.3, -0.25) is 4.79 Å². The molecule has 0 aliphatic rings. The molecule has 0 bridgehead atoms. The maximum absolute atomic E-state index is 11.2. The highest BCUT2D eigenvalue weighted by molar-refractivity contribution is 5.98. The van der Waals surface area contributed by atoms with Gasteiger partial charge in [-0.15, -0.1) is 13.0 Å². The standard InChI is InChI=1S/C17H18O4.C11H10O.C3H6.3C2H6/c1-3-9-21-16-8-7-14(20-2)11-15(16)12-5-4-6-13(10-12)17(18)19;1-4-10-7-5-6-8(2)11(10)9(3)12;1-3-2;3*1-2/h4-8,10-11H,3,9H2,1-2H3,(H,18,19);1,5-7H,2-3H3;3H,1H2,2H3;3*1-2H3. The maximum atomic E-state index is 11.2. The molecule has 0 aliphatic heterocycles. The van der Waals surface area contributed by atoms with Gasteiger partial charge >= 0.3 is 5.97 Å². The van der Waals surface area contributed by atoms with Crippen LogP contribution in [0.4, 0.5) is 0 Å². The molecule has 5 nitrogen and oxygen atoms in total. The number of carboxylic acids is 1. The molecule has 0 heterocycles. The summed E-state index contributed by atoms with van der Waals surface area (Å²) in [6.07, 6.45) is 7.91. The van der Waals surface area contributed by atoms with Crippen LogP contribution in [-0.4, -0.2) is 30.6 Å². The minimum absolute atomic E-state index is 0.0288. The summed E-state index contributed by atoms with van der Waals surface area (Å²) in [4.78, 5) is 22.3. The number of ether oxygens (including phenoxy) is 2. The first kappa shape index (κ1) is 42.2. The quantitative estimate of drug-likeness (QED) is 0.172. The first-order valence-electron chi connectivity index (χ1n) is 14.5. The first-order chi connectivity index (χ1) is 20.2. The van der Waals surface area contributed by atoms with E-state index in [4.69, 9.17) is 21.0 Å². The van der Waals surface area contributed by atoms with Gasteiger partial charge in [-0.25, -0.2) is 4.79 Å². The highest BCUT2D eigenvalue weighted by Gasteiger charge is 2.11. The van der Waals surface area contributed by atoms with E-state index in [0.29, 0.717) is 23.5 Å². The third kappa shape index (κ3) is 15.5. The van der Waals surface area contributed by atoms with E-state index in [0.717, 1.165) is 28.9 Å². The average Bonchev–Trinajstić information content (AvgIpc) is 3.03. The first-order valence-corrected chi connectivity index (χ1v) is 14.5. The van der Waals surface area contributed by atoms with Crippen LogP contribution in [-0.2, 0) is 0 Å². The molecule has 3 aromatic carbocycles. The van der Waals surface area contributed by atoms with E-state index in [2.05, 4.69) is 12.5 Å². The second-order valence-electron chi connectivity index (χ2n) is 7.70. The van der Waals surface area contributed by atoms with E-state index in [9.17, 15) is 9.59 Å². The van der Waals surface area contributed by atoms with Crippen molar-refractivity contribution in [1.29, 1.82) is 0 Å². The Kier molecular flexibility index (Phi) is 27.0. The number of allylic oxidation sites excluding steroid dienone is 1. The second-order valence-corrected chi connectivity index (χ2v) is 7.70. The lowest BCUT2D eigenvalue weighted by atomic mass is 9.99. The fourth-order valence-electron chi connectivity index (χ4n) is 3.27. The fraction of sp³-hybridized carbons (Fsp3) is 0.351. The van der Waals surface area contributed by atoms with E-state index in [-0.39, 0.29) is 11.3 Å². The third-order valence-electron chi connectivity index (χ3n) is 4.85. The van der Waals surface area contributed by atoms with Crippen LogP contribution in [0.15, 0.2) is 73.3 Å². The van der Waals surface area contributed by atoms with Gasteiger partial charge < -0.3 is 14.6 Å². The number of hydrogen-bond donors (Lipinski definition) is 1. The van der Waals surface area contributed by atoms with Crippen molar-refractivity contribution >= 4 is 11.8 Å². The molecule has 0 atom stereocenters. The van der Waals surface area contributed by atoms with Crippen molar-refractivity contribution in [2.75, 3.05) is 13.7 Å². The molecule has 0 saturated heterocycles. The predicted octanol–water partition coefficient (Wildman–Crippen LogP) is 10.3. The Bertz CT molecular complexity index is 1220. The highest BCUT2D eigenvalue weighted by Crippen LogP contribution is 2.34. The molecule has 0 amide bonds. The summed E-state index contributed by atoms with van der Waals surface area (Å²) in [5.74, 6) is 3.00.